The monoisotopic (exact) mass is 824 g/mol. The Balaban J connectivity index is 0.971. The van der Waals surface area contributed by atoms with Crippen LogP contribution in [0.4, 0.5) is 34.1 Å². The Labute approximate surface area is 371 Å². The zero-order valence-electron chi connectivity index (χ0n) is 35.8. The lowest BCUT2D eigenvalue weighted by atomic mass is 9.71. The Morgan fingerprint density at radius 1 is 0.302 bits per heavy atom. The molecule has 10 aromatic carbocycles. The molecule has 0 radical (unpaired) electrons. The predicted molar refractivity (Wildman–Crippen MR) is 271 cm³/mol. The Hall–Kier alpha value is -7.20. The summed E-state index contributed by atoms with van der Waals surface area (Å²) in [4.78, 5) is 4.99. The number of benzene rings is 10. The lowest BCUT2D eigenvalue weighted by Gasteiger charge is -2.43. The zero-order chi connectivity index (χ0) is 42.2. The van der Waals surface area contributed by atoms with Crippen LogP contribution in [0.1, 0.15) is 49.9 Å². The molecule has 0 N–H and O–H groups in total. The lowest BCUT2D eigenvalue weighted by molar-refractivity contribution is 0.631. The van der Waals surface area contributed by atoms with Crippen LogP contribution < -0.4 is 9.80 Å². The van der Waals surface area contributed by atoms with Crippen molar-refractivity contribution < 1.29 is 0 Å². The van der Waals surface area contributed by atoms with Crippen LogP contribution in [0.15, 0.2) is 194 Å². The van der Waals surface area contributed by atoms with Crippen molar-refractivity contribution in [3.8, 4) is 11.1 Å². The van der Waals surface area contributed by atoms with Crippen molar-refractivity contribution >= 4 is 98.0 Å². The van der Waals surface area contributed by atoms with E-state index in [2.05, 4.69) is 232 Å². The van der Waals surface area contributed by atoms with Crippen molar-refractivity contribution in [2.75, 3.05) is 9.80 Å². The van der Waals surface area contributed by atoms with Crippen molar-refractivity contribution in [2.45, 2.75) is 38.5 Å². The van der Waals surface area contributed by atoms with E-state index in [1.165, 1.54) is 120 Å². The summed E-state index contributed by atoms with van der Waals surface area (Å²) in [6.45, 7) is 9.57. The molecule has 13 rings (SSSR count). The van der Waals surface area contributed by atoms with Crippen molar-refractivity contribution in [3.05, 3.63) is 216 Å². The number of thiophene rings is 1. The summed E-state index contributed by atoms with van der Waals surface area (Å²) in [5.74, 6) is 0. The summed E-state index contributed by atoms with van der Waals surface area (Å²) in [5.41, 5.74) is 14.6. The molecule has 2 nitrogen and oxygen atoms in total. The standard InChI is InChI=1S/C60H44N2S/c1-59(2)49-20-10-12-22-53(49)61(39-27-29-45-43-17-6-5-15-41(43)42-16-7-8-18-44(42)47(45)35-39)55-30-25-37(33-51(55)59)38-26-31-56-52(34-38)60(3,4)50-21-11-13-23-54(50)62(56)40-28-32-58-48(36-40)46-19-9-14-24-57(46)63-58/h5-36H,1-4H3. The van der Waals surface area contributed by atoms with Crippen LogP contribution in [-0.2, 0) is 10.8 Å². The molecule has 0 saturated carbocycles. The highest BCUT2D eigenvalue weighted by molar-refractivity contribution is 7.25. The first-order chi connectivity index (χ1) is 30.8. The lowest BCUT2D eigenvalue weighted by Crippen LogP contribution is -2.31. The van der Waals surface area contributed by atoms with Gasteiger partial charge in [-0.05, 0) is 138 Å². The van der Waals surface area contributed by atoms with Gasteiger partial charge in [0.1, 0.15) is 0 Å². The van der Waals surface area contributed by atoms with Gasteiger partial charge in [-0.3, -0.25) is 0 Å². The van der Waals surface area contributed by atoms with Crippen LogP contribution in [0.2, 0.25) is 0 Å². The summed E-state index contributed by atoms with van der Waals surface area (Å²) < 4.78 is 2.65. The van der Waals surface area contributed by atoms with Crippen LogP contribution in [0, 0.1) is 0 Å². The second-order valence-corrected chi connectivity index (χ2v) is 19.6. The third-order valence-corrected chi connectivity index (χ3v) is 15.5. The van der Waals surface area contributed by atoms with E-state index >= 15 is 0 Å². The summed E-state index contributed by atoms with van der Waals surface area (Å²) >= 11 is 1.87. The summed E-state index contributed by atoms with van der Waals surface area (Å²) in [7, 11) is 0. The van der Waals surface area contributed by atoms with Gasteiger partial charge in [0.2, 0.25) is 0 Å². The van der Waals surface area contributed by atoms with Gasteiger partial charge in [0.15, 0.2) is 0 Å². The van der Waals surface area contributed by atoms with Crippen LogP contribution in [-0.4, -0.2) is 0 Å². The van der Waals surface area contributed by atoms with Crippen molar-refractivity contribution in [3.63, 3.8) is 0 Å². The molecular weight excluding hydrogens is 781 g/mol. The Morgan fingerprint density at radius 2 is 0.698 bits per heavy atom. The second kappa shape index (κ2) is 13.2. The third kappa shape index (κ3) is 5.18. The number of rotatable bonds is 3. The Morgan fingerprint density at radius 3 is 1.25 bits per heavy atom. The highest BCUT2D eigenvalue weighted by atomic mass is 32.1. The molecule has 2 aliphatic heterocycles. The van der Waals surface area contributed by atoms with Crippen LogP contribution in [0.3, 0.4) is 0 Å². The molecule has 3 heterocycles. The van der Waals surface area contributed by atoms with E-state index in [9.17, 15) is 0 Å². The Kier molecular flexibility index (Phi) is 7.61. The number of nitrogens with zero attached hydrogens (tertiary/aromatic N) is 2. The van der Waals surface area contributed by atoms with Crippen LogP contribution in [0.5, 0.6) is 0 Å². The SMILES string of the molecule is CC1(C)c2ccccc2N(c2ccc3sc4ccccc4c3c2)c2ccc(-c3ccc4c(c3)C(C)(C)c3ccccc3N4c3ccc4c5ccccc5c5ccccc5c4c3)cc21. The normalized spacial score (nSPS) is 14.9. The van der Waals surface area contributed by atoms with Gasteiger partial charge in [-0.1, -0.05) is 149 Å². The number of fused-ring (bicyclic) bond motifs is 13. The number of anilines is 6. The molecule has 0 bridgehead atoms. The fourth-order valence-corrected chi connectivity index (χ4v) is 12.3. The highest BCUT2D eigenvalue weighted by Crippen LogP contribution is 2.56. The maximum Gasteiger partial charge on any atom is 0.0503 e. The quantitative estimate of drug-likeness (QED) is 0.164. The highest BCUT2D eigenvalue weighted by Gasteiger charge is 2.39. The molecule has 0 atom stereocenters. The topological polar surface area (TPSA) is 6.48 Å². The minimum atomic E-state index is -0.230. The van der Waals surface area contributed by atoms with E-state index in [-0.39, 0.29) is 10.8 Å². The fourth-order valence-electron chi connectivity index (χ4n) is 11.2. The molecule has 0 spiro atoms. The maximum atomic E-state index is 2.50. The van der Waals surface area contributed by atoms with Gasteiger partial charge < -0.3 is 9.80 Å². The van der Waals surface area contributed by atoms with E-state index in [0.717, 1.165) is 0 Å². The molecule has 0 saturated heterocycles. The minimum absolute atomic E-state index is 0.216. The van der Waals surface area contributed by atoms with Gasteiger partial charge in [0, 0.05) is 42.4 Å². The largest absolute Gasteiger partial charge is 0.310 e. The van der Waals surface area contributed by atoms with E-state index in [1.807, 2.05) is 11.3 Å². The third-order valence-electron chi connectivity index (χ3n) is 14.4. The predicted octanol–water partition coefficient (Wildman–Crippen LogP) is 17.4. The fraction of sp³-hybridized carbons (Fsp3) is 0.100. The molecule has 11 aromatic rings. The van der Waals surface area contributed by atoms with Gasteiger partial charge in [-0.25, -0.2) is 0 Å². The number of para-hydroxylation sites is 2. The van der Waals surface area contributed by atoms with Gasteiger partial charge in [0.25, 0.3) is 0 Å². The first kappa shape index (κ1) is 36.5. The van der Waals surface area contributed by atoms with Gasteiger partial charge in [0.05, 0.1) is 22.7 Å². The molecule has 63 heavy (non-hydrogen) atoms. The second-order valence-electron chi connectivity index (χ2n) is 18.5. The molecule has 0 fully saturated rings. The van der Waals surface area contributed by atoms with Crippen molar-refractivity contribution in [2.24, 2.45) is 0 Å². The minimum Gasteiger partial charge on any atom is -0.310 e. The summed E-state index contributed by atoms with van der Waals surface area (Å²) in [6.07, 6.45) is 0. The molecule has 0 aliphatic carbocycles. The number of hydrogen-bond acceptors (Lipinski definition) is 3. The zero-order valence-corrected chi connectivity index (χ0v) is 36.6. The van der Waals surface area contributed by atoms with E-state index in [0.29, 0.717) is 0 Å². The maximum absolute atomic E-state index is 2.50. The average molecular weight is 825 g/mol. The van der Waals surface area contributed by atoms with Gasteiger partial charge in [-0.15, -0.1) is 11.3 Å². The van der Waals surface area contributed by atoms with Gasteiger partial charge in [-0.2, -0.15) is 0 Å². The van der Waals surface area contributed by atoms with E-state index < -0.39 is 0 Å². The molecule has 0 amide bonds. The van der Waals surface area contributed by atoms with E-state index in [1.54, 1.807) is 0 Å². The molecule has 2 aliphatic rings. The summed E-state index contributed by atoms with van der Waals surface area (Å²) in [5, 5.41) is 10.4. The number of hydrogen-bond donors (Lipinski definition) is 0. The first-order valence-corrected chi connectivity index (χ1v) is 22.9. The molecule has 300 valence electrons. The Bertz CT molecular complexity index is 3680. The molecular formula is C60H44N2S. The van der Waals surface area contributed by atoms with Crippen LogP contribution in [0.25, 0.3) is 63.6 Å². The average Bonchev–Trinajstić information content (AvgIpc) is 3.70. The molecule has 0 unspecified atom stereocenters. The van der Waals surface area contributed by atoms with Crippen molar-refractivity contribution in [1.29, 1.82) is 0 Å². The van der Waals surface area contributed by atoms with Gasteiger partial charge >= 0.3 is 0 Å². The van der Waals surface area contributed by atoms with E-state index in [4.69, 9.17) is 0 Å². The smallest absolute Gasteiger partial charge is 0.0503 e. The molecule has 3 heteroatoms. The van der Waals surface area contributed by atoms with Crippen molar-refractivity contribution in [1.82, 2.24) is 0 Å². The van der Waals surface area contributed by atoms with Crippen LogP contribution >= 0.6 is 11.3 Å². The summed E-state index contributed by atoms with van der Waals surface area (Å²) in [6, 6.07) is 73.0. The molecule has 1 aromatic heterocycles. The first-order valence-electron chi connectivity index (χ1n) is 22.1.